The molecule has 0 fully saturated rings. The molecular formula is C28H37N5O5. The molecule has 1 aliphatic heterocycles. The molecule has 10 nitrogen and oxygen atoms in total. The highest BCUT2D eigenvalue weighted by Crippen LogP contribution is 2.20. The van der Waals surface area contributed by atoms with E-state index in [0.717, 1.165) is 56.7 Å². The predicted molar refractivity (Wildman–Crippen MR) is 143 cm³/mol. The molecule has 1 amide bonds. The van der Waals surface area contributed by atoms with Crippen LogP contribution in [0, 0.1) is 11.3 Å². The van der Waals surface area contributed by atoms with E-state index in [2.05, 4.69) is 27.7 Å². The average molecular weight is 524 g/mol. The van der Waals surface area contributed by atoms with Gasteiger partial charge < -0.3 is 30.1 Å². The largest absolute Gasteiger partial charge is 0.480 e. The number of nitrogens with zero attached hydrogens (tertiary/aromatic N) is 3. The number of aryl methyl sites for hydroxylation is 2. The molecule has 2 heterocycles. The predicted octanol–water partition coefficient (Wildman–Crippen LogP) is 3.35. The molecule has 0 bridgehead atoms. The van der Waals surface area contributed by atoms with E-state index in [0.29, 0.717) is 30.8 Å². The Morgan fingerprint density at radius 2 is 2.11 bits per heavy atom. The van der Waals surface area contributed by atoms with Crippen LogP contribution in [-0.2, 0) is 33.7 Å². The number of ether oxygens (including phenoxy) is 2. The Kier molecular flexibility index (Phi) is 11.8. The first-order valence-corrected chi connectivity index (χ1v) is 13.1. The van der Waals surface area contributed by atoms with Crippen molar-refractivity contribution in [1.82, 2.24) is 15.2 Å². The maximum atomic E-state index is 12.2. The van der Waals surface area contributed by atoms with Crippen LogP contribution in [0.25, 0.3) is 0 Å². The number of benzene rings is 1. The summed E-state index contributed by atoms with van der Waals surface area (Å²) in [7, 11) is 1.64. The quantitative estimate of drug-likeness (QED) is 0.300. The zero-order valence-corrected chi connectivity index (χ0v) is 21.9. The van der Waals surface area contributed by atoms with Crippen LogP contribution in [0.2, 0.25) is 0 Å². The molecule has 3 N–H and O–H groups in total. The van der Waals surface area contributed by atoms with Gasteiger partial charge in [0, 0.05) is 32.4 Å². The summed E-state index contributed by atoms with van der Waals surface area (Å²) in [5, 5.41) is 24.4. The van der Waals surface area contributed by atoms with Crippen LogP contribution >= 0.6 is 0 Å². The van der Waals surface area contributed by atoms with E-state index in [1.165, 1.54) is 5.56 Å². The molecule has 10 heteroatoms. The third-order valence-electron chi connectivity index (χ3n) is 6.47. The molecule has 0 saturated heterocycles. The minimum Gasteiger partial charge on any atom is -0.480 e. The summed E-state index contributed by atoms with van der Waals surface area (Å²) in [6, 6.07) is 11.9. The van der Waals surface area contributed by atoms with Gasteiger partial charge in [-0.05, 0) is 74.4 Å². The van der Waals surface area contributed by atoms with Crippen LogP contribution in [-0.4, -0.2) is 73.0 Å². The summed E-state index contributed by atoms with van der Waals surface area (Å²) < 4.78 is 10.4. The van der Waals surface area contributed by atoms with Crippen LogP contribution < -0.4 is 10.6 Å². The van der Waals surface area contributed by atoms with Crippen molar-refractivity contribution in [3.05, 3.63) is 58.8 Å². The molecule has 1 unspecified atom stereocenters. The maximum Gasteiger partial charge on any atom is 0.408 e. The standard InChI is InChI=1S/C28H37N5O5/c1-37-17-16-33(14-3-2-9-24-11-10-23-8-5-13-30-26(23)31-24)15-12-25(27(34)35)32-28(36)38-20-22-7-4-6-21(18-22)19-29/h4,6-7,10-11,18,25H,2-3,5,8-9,12-17,20H2,1H3,(H,30,31)(H,32,36)(H,34,35). The third-order valence-corrected chi connectivity index (χ3v) is 6.47. The minimum atomic E-state index is -1.12. The first-order chi connectivity index (χ1) is 18.5. The van der Waals surface area contributed by atoms with Crippen molar-refractivity contribution in [1.29, 1.82) is 5.26 Å². The first kappa shape index (κ1) is 28.9. The zero-order chi connectivity index (χ0) is 27.2. The Morgan fingerprint density at radius 3 is 2.89 bits per heavy atom. The van der Waals surface area contributed by atoms with Crippen LogP contribution in [0.3, 0.4) is 0 Å². The molecule has 1 aliphatic rings. The topological polar surface area (TPSA) is 137 Å². The van der Waals surface area contributed by atoms with Crippen LogP contribution in [0.5, 0.6) is 0 Å². The molecule has 0 saturated carbocycles. The van der Waals surface area contributed by atoms with Gasteiger partial charge in [0.15, 0.2) is 0 Å². The number of alkyl carbamates (subject to hydrolysis) is 1. The monoisotopic (exact) mass is 523 g/mol. The number of aromatic nitrogens is 1. The van der Waals surface area contributed by atoms with Gasteiger partial charge in [-0.1, -0.05) is 18.2 Å². The normalized spacial score (nSPS) is 13.2. The second kappa shape index (κ2) is 15.5. The molecule has 2 aromatic rings. The van der Waals surface area contributed by atoms with Crippen molar-refractivity contribution in [3.63, 3.8) is 0 Å². The van der Waals surface area contributed by atoms with Crippen LogP contribution in [0.4, 0.5) is 10.6 Å². The Hall–Kier alpha value is -3.68. The Morgan fingerprint density at radius 1 is 1.24 bits per heavy atom. The van der Waals surface area contributed by atoms with Gasteiger partial charge in [-0.3, -0.25) is 0 Å². The number of unbranched alkanes of at least 4 members (excludes halogenated alkanes) is 1. The number of nitriles is 1. The molecule has 204 valence electrons. The molecule has 1 atom stereocenters. The number of carboxylic acid groups (broad SMARTS) is 1. The minimum absolute atomic E-state index is 0.0528. The average Bonchev–Trinajstić information content (AvgIpc) is 2.94. The number of pyridine rings is 1. The van der Waals surface area contributed by atoms with E-state index in [4.69, 9.17) is 19.7 Å². The van der Waals surface area contributed by atoms with Gasteiger partial charge in [-0.15, -0.1) is 0 Å². The van der Waals surface area contributed by atoms with Gasteiger partial charge in [0.25, 0.3) is 0 Å². The highest BCUT2D eigenvalue weighted by molar-refractivity contribution is 5.79. The van der Waals surface area contributed by atoms with Crippen LogP contribution in [0.1, 0.15) is 48.1 Å². The van der Waals surface area contributed by atoms with Gasteiger partial charge in [0.2, 0.25) is 0 Å². The van der Waals surface area contributed by atoms with Gasteiger partial charge in [-0.2, -0.15) is 5.26 Å². The smallest absolute Gasteiger partial charge is 0.408 e. The molecular weight excluding hydrogens is 486 g/mol. The van der Waals surface area contributed by atoms with Gasteiger partial charge in [0.1, 0.15) is 18.5 Å². The number of rotatable bonds is 15. The van der Waals surface area contributed by atoms with Gasteiger partial charge >= 0.3 is 12.1 Å². The summed E-state index contributed by atoms with van der Waals surface area (Å²) in [6.07, 6.45) is 4.42. The van der Waals surface area contributed by atoms with Crippen molar-refractivity contribution in [2.45, 2.75) is 51.2 Å². The summed E-state index contributed by atoms with van der Waals surface area (Å²) in [5.74, 6) is -0.107. The second-order valence-corrected chi connectivity index (χ2v) is 9.34. The highest BCUT2D eigenvalue weighted by Gasteiger charge is 2.22. The van der Waals surface area contributed by atoms with Gasteiger partial charge in [0.05, 0.1) is 18.2 Å². The molecule has 3 rings (SSSR count). The molecule has 0 spiro atoms. The summed E-state index contributed by atoms with van der Waals surface area (Å²) >= 11 is 0. The Bertz CT molecular complexity index is 1100. The van der Waals surface area contributed by atoms with Crippen molar-refractivity contribution in [3.8, 4) is 6.07 Å². The summed E-state index contributed by atoms with van der Waals surface area (Å²) in [6.45, 7) is 3.40. The molecule has 1 aromatic carbocycles. The number of carbonyl (C=O) groups excluding carboxylic acids is 1. The van der Waals surface area contributed by atoms with Crippen LogP contribution in [0.15, 0.2) is 36.4 Å². The number of carboxylic acids is 1. The van der Waals surface area contributed by atoms with E-state index in [1.807, 2.05) is 6.07 Å². The van der Waals surface area contributed by atoms with E-state index in [1.54, 1.807) is 31.4 Å². The van der Waals surface area contributed by atoms with E-state index in [-0.39, 0.29) is 13.0 Å². The van der Waals surface area contributed by atoms with E-state index >= 15 is 0 Å². The maximum absolute atomic E-state index is 12.2. The van der Waals surface area contributed by atoms with E-state index < -0.39 is 18.1 Å². The zero-order valence-electron chi connectivity index (χ0n) is 21.9. The lowest BCUT2D eigenvalue weighted by Gasteiger charge is -2.24. The number of amides is 1. The number of methoxy groups -OCH3 is 1. The number of hydrogen-bond acceptors (Lipinski definition) is 8. The van der Waals surface area contributed by atoms with Crippen molar-refractivity contribution in [2.24, 2.45) is 0 Å². The molecule has 0 radical (unpaired) electrons. The van der Waals surface area contributed by atoms with E-state index in [9.17, 15) is 14.7 Å². The molecule has 1 aromatic heterocycles. The first-order valence-electron chi connectivity index (χ1n) is 13.1. The fourth-order valence-electron chi connectivity index (χ4n) is 4.34. The number of hydrogen-bond donors (Lipinski definition) is 3. The number of carbonyl (C=O) groups is 2. The number of nitrogens with one attached hydrogen (secondary N) is 2. The van der Waals surface area contributed by atoms with Crippen molar-refractivity contribution < 1.29 is 24.2 Å². The second-order valence-electron chi connectivity index (χ2n) is 9.34. The number of anilines is 1. The fourth-order valence-corrected chi connectivity index (χ4v) is 4.34. The molecule has 0 aliphatic carbocycles. The van der Waals surface area contributed by atoms with Gasteiger partial charge in [-0.25, -0.2) is 14.6 Å². The SMILES string of the molecule is COCCN(CCCCc1ccc2c(n1)NCCC2)CCC(NC(=O)OCc1cccc(C#N)c1)C(=O)O. The lowest BCUT2D eigenvalue weighted by atomic mass is 10.1. The molecule has 38 heavy (non-hydrogen) atoms. The Balaban J connectivity index is 1.43. The number of fused-ring (bicyclic) bond motifs is 1. The summed E-state index contributed by atoms with van der Waals surface area (Å²) in [4.78, 5) is 30.9. The Labute approximate surface area is 224 Å². The lowest BCUT2D eigenvalue weighted by molar-refractivity contribution is -0.139. The number of aliphatic carboxylic acids is 1. The fraction of sp³-hybridized carbons (Fsp3) is 0.500. The lowest BCUT2D eigenvalue weighted by Crippen LogP contribution is -2.43. The summed E-state index contributed by atoms with van der Waals surface area (Å²) in [5.41, 5.74) is 3.47. The third kappa shape index (κ3) is 9.65. The van der Waals surface area contributed by atoms with Crippen molar-refractivity contribution >= 4 is 17.9 Å². The van der Waals surface area contributed by atoms with Crippen molar-refractivity contribution in [2.75, 3.05) is 45.2 Å². The highest BCUT2D eigenvalue weighted by atomic mass is 16.5.